The zero-order valence-electron chi connectivity index (χ0n) is 26.5. The van der Waals surface area contributed by atoms with Gasteiger partial charge in [-0.05, 0) is 0 Å². The van der Waals surface area contributed by atoms with E-state index in [0.29, 0.717) is 5.56 Å². The number of nitrogens with one attached hydrogen (secondary N) is 1. The van der Waals surface area contributed by atoms with Crippen molar-refractivity contribution in [2.75, 3.05) is 0 Å². The second-order valence-corrected chi connectivity index (χ2v) is 24.5. The van der Waals surface area contributed by atoms with E-state index in [-0.39, 0.29) is 22.2 Å². The molecule has 5 rings (SSSR count). The fourth-order valence-electron chi connectivity index (χ4n) is 7.12. The van der Waals surface area contributed by atoms with Crippen LogP contribution >= 0.6 is 0 Å². The van der Waals surface area contributed by atoms with Crippen molar-refractivity contribution in [3.05, 3.63) is 144 Å². The molecule has 1 N–H and O–H groups in total. The number of hydrogen-bond acceptors (Lipinski definition) is 2. The third-order valence-corrected chi connectivity index (χ3v) is 23.9. The zero-order chi connectivity index (χ0) is 30.7. The number of carbonyl (C=O) groups is 1. The van der Waals surface area contributed by atoms with Gasteiger partial charge in [0, 0.05) is 0 Å². The molecular weight excluding hydrogens is 633 g/mol. The van der Waals surface area contributed by atoms with Crippen LogP contribution in [-0.4, -0.2) is 29.7 Å². The van der Waals surface area contributed by atoms with Gasteiger partial charge in [-0.2, -0.15) is 0 Å². The Labute approximate surface area is 262 Å². The summed E-state index contributed by atoms with van der Waals surface area (Å²) in [4.78, 5) is 17.6. The van der Waals surface area contributed by atoms with Crippen LogP contribution in [0.3, 0.4) is 0 Å². The van der Waals surface area contributed by atoms with Crippen molar-refractivity contribution in [2.24, 2.45) is 0 Å². The summed E-state index contributed by atoms with van der Waals surface area (Å²) in [6, 6.07) is 40.2. The molecule has 0 bridgehead atoms. The number of aromatic amines is 1. The number of aromatic nitrogens is 1. The summed E-state index contributed by atoms with van der Waals surface area (Å²) in [5, 5.41) is 1.02. The SMILES string of the molecule is CC(C)([CH2][Sn]([CH2]C(C)(C)c1ccccc1)([CH2]C(C)(C)c1ccccc1)[O]C(=O)c1ccc2[nH]ccc2c1)c1ccccc1. The second-order valence-electron chi connectivity index (χ2n) is 14.1. The molecule has 1 aromatic heterocycles. The normalized spacial score (nSPS) is 12.8. The van der Waals surface area contributed by atoms with E-state index < -0.39 is 18.8 Å². The van der Waals surface area contributed by atoms with E-state index in [0.717, 1.165) is 24.2 Å². The molecule has 1 heterocycles. The monoisotopic (exact) mass is 679 g/mol. The predicted molar refractivity (Wildman–Crippen MR) is 182 cm³/mol. The number of benzene rings is 4. The summed E-state index contributed by atoms with van der Waals surface area (Å²) in [5.41, 5.74) is 5.01. The van der Waals surface area contributed by atoms with Crippen LogP contribution < -0.4 is 0 Å². The molecule has 0 radical (unpaired) electrons. The van der Waals surface area contributed by atoms with Crippen LogP contribution in [0.2, 0.25) is 13.3 Å². The molecule has 0 amide bonds. The Hall–Kier alpha value is -3.31. The third-order valence-electron chi connectivity index (χ3n) is 9.06. The van der Waals surface area contributed by atoms with Crippen LogP contribution in [0.25, 0.3) is 10.9 Å². The fraction of sp³-hybridized carbons (Fsp3) is 0.308. The summed E-state index contributed by atoms with van der Waals surface area (Å²) >= 11 is -3.99. The van der Waals surface area contributed by atoms with E-state index in [4.69, 9.17) is 3.07 Å². The molecule has 0 atom stereocenters. The molecule has 4 heteroatoms. The van der Waals surface area contributed by atoms with Crippen LogP contribution in [0.4, 0.5) is 0 Å². The number of hydrogen-bond donors (Lipinski definition) is 1. The number of fused-ring (bicyclic) bond motifs is 1. The Morgan fingerprint density at radius 1 is 0.605 bits per heavy atom. The van der Waals surface area contributed by atoms with E-state index in [1.807, 2.05) is 30.5 Å². The Bertz CT molecular complexity index is 1520. The van der Waals surface area contributed by atoms with Gasteiger partial charge in [-0.25, -0.2) is 0 Å². The summed E-state index contributed by atoms with van der Waals surface area (Å²) in [6.07, 6.45) is 1.91. The van der Waals surface area contributed by atoms with Gasteiger partial charge in [0.1, 0.15) is 0 Å². The second kappa shape index (κ2) is 12.4. The topological polar surface area (TPSA) is 42.1 Å². The van der Waals surface area contributed by atoms with Crippen LogP contribution in [0.1, 0.15) is 68.6 Å². The Morgan fingerprint density at radius 2 is 1.02 bits per heavy atom. The molecular formula is C39H45NO2Sn. The van der Waals surface area contributed by atoms with Gasteiger partial charge >= 0.3 is 263 Å². The molecule has 5 aromatic rings. The van der Waals surface area contributed by atoms with Crippen LogP contribution in [0.5, 0.6) is 0 Å². The minimum atomic E-state index is -3.99. The molecule has 4 aromatic carbocycles. The van der Waals surface area contributed by atoms with Gasteiger partial charge in [-0.1, -0.05) is 0 Å². The third kappa shape index (κ3) is 7.26. The quantitative estimate of drug-likeness (QED) is 0.141. The van der Waals surface area contributed by atoms with E-state index in [1.165, 1.54) is 16.7 Å². The van der Waals surface area contributed by atoms with E-state index >= 15 is 0 Å². The average Bonchev–Trinajstić information content (AvgIpc) is 3.46. The van der Waals surface area contributed by atoms with Crippen molar-refractivity contribution in [1.82, 2.24) is 4.98 Å². The van der Waals surface area contributed by atoms with Crippen molar-refractivity contribution in [3.8, 4) is 0 Å². The first-order valence-electron chi connectivity index (χ1n) is 15.4. The van der Waals surface area contributed by atoms with E-state index in [2.05, 4.69) is 138 Å². The standard InChI is InChI=1S/3C10H13.C9H7NO2.Sn/c3*1-10(2,3)9-7-5-4-6-8-9;11-9(12)7-1-2-8-6(5-7)3-4-10-8;/h3*4-8H,1H2,2-3H3;1-5,10H,(H,11,12);/q;;;;+1/p-1. The fourth-order valence-corrected chi connectivity index (χ4v) is 25.8. The van der Waals surface area contributed by atoms with Crippen molar-refractivity contribution < 1.29 is 7.87 Å². The minimum absolute atomic E-state index is 0.165. The molecule has 0 unspecified atom stereocenters. The summed E-state index contributed by atoms with van der Waals surface area (Å²) in [6.45, 7) is 14.0. The molecule has 0 aliphatic carbocycles. The number of rotatable bonds is 11. The maximum atomic E-state index is 14.3. The molecule has 43 heavy (non-hydrogen) atoms. The van der Waals surface area contributed by atoms with Gasteiger partial charge in [0.05, 0.1) is 0 Å². The molecule has 0 spiro atoms. The van der Waals surface area contributed by atoms with Gasteiger partial charge < -0.3 is 0 Å². The number of carbonyl (C=O) groups excluding carboxylic acids is 1. The predicted octanol–water partition coefficient (Wildman–Crippen LogP) is 10.2. The Balaban J connectivity index is 1.64. The van der Waals surface area contributed by atoms with E-state index in [1.54, 1.807) is 0 Å². The molecule has 0 aliphatic heterocycles. The van der Waals surface area contributed by atoms with E-state index in [9.17, 15) is 4.79 Å². The summed E-state index contributed by atoms with van der Waals surface area (Å²) in [7, 11) is 0. The van der Waals surface area contributed by atoms with Crippen molar-refractivity contribution >= 4 is 35.7 Å². The van der Waals surface area contributed by atoms with Crippen molar-refractivity contribution in [1.29, 1.82) is 0 Å². The first-order chi connectivity index (χ1) is 20.4. The molecule has 222 valence electrons. The Kier molecular flexibility index (Phi) is 8.94. The van der Waals surface area contributed by atoms with Gasteiger partial charge in [0.15, 0.2) is 0 Å². The molecule has 0 fully saturated rings. The molecule has 3 nitrogen and oxygen atoms in total. The first kappa shape index (κ1) is 31.1. The average molecular weight is 679 g/mol. The zero-order valence-corrected chi connectivity index (χ0v) is 29.3. The Morgan fingerprint density at radius 3 is 1.44 bits per heavy atom. The number of H-pyrrole nitrogens is 1. The van der Waals surface area contributed by atoms with Crippen LogP contribution in [0.15, 0.2) is 121 Å². The molecule has 0 saturated heterocycles. The molecule has 0 aliphatic rings. The van der Waals surface area contributed by atoms with Gasteiger partial charge in [-0.3, -0.25) is 0 Å². The van der Waals surface area contributed by atoms with Crippen LogP contribution in [-0.2, 0) is 19.3 Å². The maximum absolute atomic E-state index is 14.3. The molecule has 0 saturated carbocycles. The summed E-state index contributed by atoms with van der Waals surface area (Å²) in [5.74, 6) is -0.185. The van der Waals surface area contributed by atoms with Gasteiger partial charge in [0.2, 0.25) is 0 Å². The van der Waals surface area contributed by atoms with Gasteiger partial charge in [0.25, 0.3) is 0 Å². The first-order valence-corrected chi connectivity index (χ1v) is 22.6. The van der Waals surface area contributed by atoms with Crippen LogP contribution in [0, 0.1) is 0 Å². The summed E-state index contributed by atoms with van der Waals surface area (Å²) < 4.78 is 9.84. The van der Waals surface area contributed by atoms with Gasteiger partial charge in [-0.15, -0.1) is 0 Å². The van der Waals surface area contributed by atoms with Crippen molar-refractivity contribution in [3.63, 3.8) is 0 Å². The van der Waals surface area contributed by atoms with Crippen molar-refractivity contribution in [2.45, 2.75) is 71.1 Å².